The second-order valence-electron chi connectivity index (χ2n) is 13.9. The lowest BCUT2D eigenvalue weighted by molar-refractivity contribution is -0.401. The first kappa shape index (κ1) is 32.9. The van der Waals surface area contributed by atoms with Crippen molar-refractivity contribution in [2.75, 3.05) is 33.2 Å². The zero-order valence-electron chi connectivity index (χ0n) is 29.6. The molecule has 0 saturated heterocycles. The standard InChI is InChI=1S/C39H44N4O5/c1-38(2)27-21-25(47-9)15-17-29(27)40(5)31(38)19-13-23-11-12-24(33(23)34-35(44)42(7)37(46)43(8)36(34)45)14-20-32-39(3,4)28-22-26(48-10)16-18-30(28)41(32)6/h13-22H,11-12H2,1-10H3/p+1. The number of anilines is 1. The minimum Gasteiger partial charge on any atom is -0.497 e. The third kappa shape index (κ3) is 4.86. The third-order valence-corrected chi connectivity index (χ3v) is 10.6. The normalized spacial score (nSPS) is 19.7. The highest BCUT2D eigenvalue weighted by Gasteiger charge is 2.43. The van der Waals surface area contributed by atoms with Crippen molar-refractivity contribution in [3.8, 4) is 17.4 Å². The van der Waals surface area contributed by atoms with E-state index >= 15 is 0 Å². The Bertz CT molecular complexity index is 2150. The Kier molecular flexibility index (Phi) is 7.93. The first-order chi connectivity index (χ1) is 22.6. The summed E-state index contributed by atoms with van der Waals surface area (Å²) in [7, 11) is 10.4. The highest BCUT2D eigenvalue weighted by molar-refractivity contribution is 6.04. The van der Waals surface area contributed by atoms with Gasteiger partial charge in [-0.1, -0.05) is 26.0 Å². The lowest BCUT2D eigenvalue weighted by Gasteiger charge is -2.24. The number of hydrogen-bond acceptors (Lipinski definition) is 6. The van der Waals surface area contributed by atoms with Gasteiger partial charge < -0.3 is 19.5 Å². The van der Waals surface area contributed by atoms with Gasteiger partial charge in [0.2, 0.25) is 11.6 Å². The Morgan fingerprint density at radius 3 is 2.15 bits per heavy atom. The van der Waals surface area contributed by atoms with Crippen LogP contribution in [0.25, 0.3) is 5.57 Å². The number of likely N-dealkylation sites (N-methyl/N-ethyl adjacent to an activating group) is 1. The van der Waals surface area contributed by atoms with Crippen LogP contribution in [0.3, 0.4) is 0 Å². The number of nitrogens with zero attached hydrogens (tertiary/aromatic N) is 4. The van der Waals surface area contributed by atoms with E-state index in [1.54, 1.807) is 14.2 Å². The van der Waals surface area contributed by atoms with Gasteiger partial charge in [-0.05, 0) is 85.4 Å². The smallest absolute Gasteiger partial charge is 0.333 e. The topological polar surface area (TPSA) is 88.9 Å². The van der Waals surface area contributed by atoms with Gasteiger partial charge in [0.15, 0.2) is 5.71 Å². The first-order valence-corrected chi connectivity index (χ1v) is 16.2. The molecule has 0 saturated carbocycles. The van der Waals surface area contributed by atoms with Gasteiger partial charge in [0.1, 0.15) is 24.1 Å². The van der Waals surface area contributed by atoms with Crippen LogP contribution in [0.4, 0.5) is 11.4 Å². The van der Waals surface area contributed by atoms with E-state index in [0.29, 0.717) is 18.4 Å². The molecule has 1 aromatic heterocycles. The number of hydrogen-bond donors (Lipinski definition) is 1. The fourth-order valence-corrected chi connectivity index (χ4v) is 7.68. The molecule has 0 fully saturated rings. The van der Waals surface area contributed by atoms with Gasteiger partial charge in [-0.25, -0.2) is 4.79 Å². The number of rotatable bonds is 6. The summed E-state index contributed by atoms with van der Waals surface area (Å²) in [6.45, 7) is 8.77. The predicted octanol–water partition coefficient (Wildman–Crippen LogP) is 5.85. The number of aromatic hydroxyl groups is 1. The van der Waals surface area contributed by atoms with Crippen molar-refractivity contribution in [3.63, 3.8) is 0 Å². The van der Waals surface area contributed by atoms with E-state index in [1.807, 2.05) is 12.1 Å². The Hall–Kier alpha value is -5.05. The monoisotopic (exact) mass is 649 g/mol. The molecule has 1 N–H and O–H groups in total. The van der Waals surface area contributed by atoms with Crippen molar-refractivity contribution in [2.45, 2.75) is 51.4 Å². The minimum atomic E-state index is -0.579. The zero-order valence-corrected chi connectivity index (χ0v) is 29.6. The molecule has 0 atom stereocenters. The molecule has 9 heteroatoms. The average Bonchev–Trinajstić information content (AvgIpc) is 3.61. The number of ether oxygens (including phenoxy) is 2. The van der Waals surface area contributed by atoms with Crippen LogP contribution >= 0.6 is 0 Å². The van der Waals surface area contributed by atoms with Crippen molar-refractivity contribution in [1.82, 2.24) is 9.13 Å². The lowest BCUT2D eigenvalue weighted by Crippen LogP contribution is -2.38. The van der Waals surface area contributed by atoms with Crippen LogP contribution < -0.4 is 25.6 Å². The van der Waals surface area contributed by atoms with Crippen LogP contribution in [0, 0.1) is 0 Å². The number of allylic oxidation sites excluding steroid dienone is 8. The van der Waals surface area contributed by atoms with E-state index in [4.69, 9.17) is 9.47 Å². The lowest BCUT2D eigenvalue weighted by atomic mass is 9.81. The maximum atomic E-state index is 13.7. The van der Waals surface area contributed by atoms with E-state index in [0.717, 1.165) is 54.6 Å². The molecule has 0 spiro atoms. The van der Waals surface area contributed by atoms with Crippen molar-refractivity contribution in [2.24, 2.45) is 14.1 Å². The second-order valence-corrected chi connectivity index (χ2v) is 13.9. The maximum absolute atomic E-state index is 13.7. The molecule has 0 radical (unpaired) electrons. The van der Waals surface area contributed by atoms with Crippen molar-refractivity contribution < 1.29 is 19.2 Å². The van der Waals surface area contributed by atoms with Gasteiger partial charge in [-0.15, -0.1) is 0 Å². The number of fused-ring (bicyclic) bond motifs is 2. The average molecular weight is 650 g/mol. The summed E-state index contributed by atoms with van der Waals surface area (Å²) in [5.74, 6) is 1.28. The van der Waals surface area contributed by atoms with Crippen LogP contribution in [-0.2, 0) is 24.9 Å². The molecule has 0 amide bonds. The molecule has 6 rings (SSSR count). The molecule has 0 unspecified atom stereocenters. The Morgan fingerprint density at radius 1 is 0.833 bits per heavy atom. The van der Waals surface area contributed by atoms with Gasteiger partial charge in [-0.3, -0.25) is 13.9 Å². The van der Waals surface area contributed by atoms with E-state index in [9.17, 15) is 14.7 Å². The molecule has 0 bridgehead atoms. The highest BCUT2D eigenvalue weighted by Crippen LogP contribution is 2.49. The minimum absolute atomic E-state index is 0.130. The molecule has 3 heterocycles. The number of aromatic nitrogens is 2. The van der Waals surface area contributed by atoms with E-state index in [-0.39, 0.29) is 22.3 Å². The fourth-order valence-electron chi connectivity index (χ4n) is 7.68. The van der Waals surface area contributed by atoms with Crippen LogP contribution in [-0.4, -0.2) is 52.8 Å². The van der Waals surface area contributed by atoms with Crippen LogP contribution in [0.15, 0.2) is 87.1 Å². The second kappa shape index (κ2) is 11.6. The molecule has 2 aromatic carbocycles. The molecular weight excluding hydrogens is 604 g/mol. The van der Waals surface area contributed by atoms with Crippen LogP contribution in [0.1, 0.15) is 57.2 Å². The Labute approximate surface area is 281 Å². The van der Waals surface area contributed by atoms with Gasteiger partial charge in [0.05, 0.1) is 19.6 Å². The summed E-state index contributed by atoms with van der Waals surface area (Å²) in [6.07, 6.45) is 9.70. The molecular formula is C39H45N4O5+. The van der Waals surface area contributed by atoms with Crippen molar-refractivity contribution >= 4 is 22.7 Å². The molecule has 48 heavy (non-hydrogen) atoms. The quantitative estimate of drug-likeness (QED) is 0.337. The number of methoxy groups -OCH3 is 2. The summed E-state index contributed by atoms with van der Waals surface area (Å²) in [6, 6.07) is 12.3. The summed E-state index contributed by atoms with van der Waals surface area (Å²) < 4.78 is 15.4. The molecule has 2 aliphatic heterocycles. The maximum Gasteiger partial charge on any atom is 0.333 e. The predicted molar refractivity (Wildman–Crippen MR) is 191 cm³/mol. The summed E-state index contributed by atoms with van der Waals surface area (Å²) >= 11 is 0. The van der Waals surface area contributed by atoms with Crippen molar-refractivity contribution in [3.05, 3.63) is 115 Å². The summed E-state index contributed by atoms with van der Waals surface area (Å²) in [5, 5.41) is 11.3. The third-order valence-electron chi connectivity index (χ3n) is 10.6. The largest absolute Gasteiger partial charge is 0.497 e. The molecule has 3 aliphatic rings. The molecule has 250 valence electrons. The summed E-state index contributed by atoms with van der Waals surface area (Å²) in [4.78, 5) is 28.7. The SMILES string of the molecule is COc1ccc2c(c1)C(C)(C)C(=CC=C1CCC(C=CC3=[N+](C)c4ccc(OC)cc4C3(C)C)=C1c1c(O)n(C)c(=O)n(C)c1=O)N2C. The first-order valence-electron chi connectivity index (χ1n) is 16.2. The van der Waals surface area contributed by atoms with Crippen LogP contribution in [0.5, 0.6) is 17.4 Å². The summed E-state index contributed by atoms with van der Waals surface area (Å²) in [5.41, 5.74) is 7.67. The highest BCUT2D eigenvalue weighted by atomic mass is 16.5. The fraction of sp³-hybridized carbons (Fsp3) is 0.359. The molecule has 9 nitrogen and oxygen atoms in total. The van der Waals surface area contributed by atoms with Gasteiger partial charge in [0.25, 0.3) is 5.56 Å². The van der Waals surface area contributed by atoms with Crippen LogP contribution in [0.2, 0.25) is 0 Å². The van der Waals surface area contributed by atoms with E-state index in [1.165, 1.54) is 25.2 Å². The number of benzene rings is 2. The van der Waals surface area contributed by atoms with Crippen molar-refractivity contribution in [1.29, 1.82) is 0 Å². The van der Waals surface area contributed by atoms with E-state index in [2.05, 4.69) is 99.8 Å². The van der Waals surface area contributed by atoms with Gasteiger partial charge in [-0.2, -0.15) is 4.58 Å². The Morgan fingerprint density at radius 2 is 1.48 bits per heavy atom. The Balaban J connectivity index is 1.51. The van der Waals surface area contributed by atoms with E-state index < -0.39 is 11.2 Å². The molecule has 1 aliphatic carbocycles. The van der Waals surface area contributed by atoms with Gasteiger partial charge in [0, 0.05) is 55.6 Å². The molecule has 3 aromatic rings. The van der Waals surface area contributed by atoms with Gasteiger partial charge >= 0.3 is 5.69 Å². The zero-order chi connectivity index (χ0) is 34.9.